The lowest BCUT2D eigenvalue weighted by atomic mass is 10.0. The summed E-state index contributed by atoms with van der Waals surface area (Å²) in [6, 6.07) is 0. The summed E-state index contributed by atoms with van der Waals surface area (Å²) in [5.74, 6) is 0.512. The second-order valence-electron chi connectivity index (χ2n) is 3.38. The SMILES string of the molecule is CC(C)COC(=O)C1CNC1. The fourth-order valence-electron chi connectivity index (χ4n) is 0.822. The van der Waals surface area contributed by atoms with E-state index in [1.165, 1.54) is 0 Å². The van der Waals surface area contributed by atoms with Gasteiger partial charge in [0.05, 0.1) is 12.5 Å². The van der Waals surface area contributed by atoms with Crippen LogP contribution >= 0.6 is 0 Å². The standard InChI is InChI=1S/C8H15NO2/c1-6(2)5-11-8(10)7-3-9-4-7/h6-7,9H,3-5H2,1-2H3. The molecular weight excluding hydrogens is 142 g/mol. The predicted molar refractivity (Wildman–Crippen MR) is 42.2 cm³/mol. The molecule has 3 nitrogen and oxygen atoms in total. The molecule has 0 amide bonds. The van der Waals surface area contributed by atoms with Crippen molar-refractivity contribution >= 4 is 5.97 Å². The van der Waals surface area contributed by atoms with Gasteiger partial charge in [-0.25, -0.2) is 0 Å². The Morgan fingerprint density at radius 3 is 2.64 bits per heavy atom. The molecule has 1 N–H and O–H groups in total. The molecule has 1 aliphatic heterocycles. The van der Waals surface area contributed by atoms with Crippen molar-refractivity contribution < 1.29 is 9.53 Å². The molecule has 3 heteroatoms. The largest absolute Gasteiger partial charge is 0.465 e. The zero-order chi connectivity index (χ0) is 8.27. The van der Waals surface area contributed by atoms with Crippen LogP contribution in [-0.4, -0.2) is 25.7 Å². The van der Waals surface area contributed by atoms with E-state index in [1.807, 2.05) is 13.8 Å². The Labute approximate surface area is 67.1 Å². The molecule has 1 rings (SSSR count). The van der Waals surface area contributed by atoms with E-state index in [0.717, 1.165) is 13.1 Å². The highest BCUT2D eigenvalue weighted by atomic mass is 16.5. The highest BCUT2D eigenvalue weighted by Crippen LogP contribution is 2.06. The molecule has 0 unspecified atom stereocenters. The van der Waals surface area contributed by atoms with Crippen LogP contribution in [0.5, 0.6) is 0 Å². The first-order valence-corrected chi connectivity index (χ1v) is 4.07. The molecule has 0 bridgehead atoms. The molecule has 0 aromatic carbocycles. The van der Waals surface area contributed by atoms with Crippen molar-refractivity contribution in [3.8, 4) is 0 Å². The highest BCUT2D eigenvalue weighted by Gasteiger charge is 2.26. The first kappa shape index (κ1) is 8.53. The van der Waals surface area contributed by atoms with Crippen LogP contribution in [0.25, 0.3) is 0 Å². The molecule has 0 saturated carbocycles. The van der Waals surface area contributed by atoms with Crippen LogP contribution in [0, 0.1) is 11.8 Å². The van der Waals surface area contributed by atoms with Gasteiger partial charge in [-0.3, -0.25) is 4.79 Å². The van der Waals surface area contributed by atoms with Gasteiger partial charge in [0, 0.05) is 13.1 Å². The minimum Gasteiger partial charge on any atom is -0.465 e. The summed E-state index contributed by atoms with van der Waals surface area (Å²) in [6.45, 7) is 6.20. The van der Waals surface area contributed by atoms with E-state index in [4.69, 9.17) is 4.74 Å². The fraction of sp³-hybridized carbons (Fsp3) is 0.875. The maximum Gasteiger partial charge on any atom is 0.311 e. The Morgan fingerprint density at radius 1 is 1.64 bits per heavy atom. The lowest BCUT2D eigenvalue weighted by Gasteiger charge is -2.25. The van der Waals surface area contributed by atoms with Crippen LogP contribution in [0.3, 0.4) is 0 Å². The molecule has 1 aliphatic rings. The van der Waals surface area contributed by atoms with Crippen molar-refractivity contribution in [3.05, 3.63) is 0 Å². The molecule has 11 heavy (non-hydrogen) atoms. The molecule has 0 aromatic heterocycles. The average Bonchev–Trinajstić information content (AvgIpc) is 1.79. The molecule has 0 atom stereocenters. The number of esters is 1. The Bertz CT molecular complexity index is 141. The predicted octanol–water partition coefficient (Wildman–Crippen LogP) is 0.405. The summed E-state index contributed by atoms with van der Waals surface area (Å²) < 4.78 is 5.03. The zero-order valence-corrected chi connectivity index (χ0v) is 7.09. The molecular formula is C8H15NO2. The number of ether oxygens (including phenoxy) is 1. The van der Waals surface area contributed by atoms with E-state index in [1.54, 1.807) is 0 Å². The Hall–Kier alpha value is -0.570. The molecule has 0 radical (unpaired) electrons. The monoisotopic (exact) mass is 157 g/mol. The third kappa shape index (κ3) is 2.50. The molecule has 1 fully saturated rings. The number of carbonyl (C=O) groups is 1. The molecule has 1 saturated heterocycles. The van der Waals surface area contributed by atoms with Gasteiger partial charge in [0.15, 0.2) is 0 Å². The van der Waals surface area contributed by atoms with Crippen LogP contribution in [-0.2, 0) is 9.53 Å². The average molecular weight is 157 g/mol. The summed E-state index contributed by atoms with van der Waals surface area (Å²) in [5.41, 5.74) is 0. The molecule has 1 heterocycles. The number of rotatable bonds is 3. The Morgan fingerprint density at radius 2 is 2.27 bits per heavy atom. The van der Waals surface area contributed by atoms with Crippen LogP contribution in [0.15, 0.2) is 0 Å². The fourth-order valence-corrected chi connectivity index (χ4v) is 0.822. The summed E-state index contributed by atoms with van der Waals surface area (Å²) in [5, 5.41) is 3.03. The minimum absolute atomic E-state index is 0.0440. The maximum absolute atomic E-state index is 11.1. The third-order valence-electron chi connectivity index (χ3n) is 1.67. The lowest BCUT2D eigenvalue weighted by Crippen LogP contribution is -2.47. The molecule has 0 aliphatic carbocycles. The van der Waals surface area contributed by atoms with E-state index in [0.29, 0.717) is 12.5 Å². The summed E-state index contributed by atoms with van der Waals surface area (Å²) in [6.07, 6.45) is 0. The summed E-state index contributed by atoms with van der Waals surface area (Å²) in [7, 11) is 0. The van der Waals surface area contributed by atoms with Crippen molar-refractivity contribution in [3.63, 3.8) is 0 Å². The second kappa shape index (κ2) is 3.72. The van der Waals surface area contributed by atoms with Gasteiger partial charge in [-0.05, 0) is 5.92 Å². The normalized spacial score (nSPS) is 18.1. The van der Waals surface area contributed by atoms with E-state index in [9.17, 15) is 4.79 Å². The van der Waals surface area contributed by atoms with Gasteiger partial charge in [-0.15, -0.1) is 0 Å². The third-order valence-corrected chi connectivity index (χ3v) is 1.67. The molecule has 64 valence electrons. The number of hydrogen-bond acceptors (Lipinski definition) is 3. The summed E-state index contributed by atoms with van der Waals surface area (Å²) in [4.78, 5) is 11.1. The first-order chi connectivity index (χ1) is 5.20. The first-order valence-electron chi connectivity index (χ1n) is 4.07. The van der Waals surface area contributed by atoms with E-state index < -0.39 is 0 Å². The van der Waals surface area contributed by atoms with Gasteiger partial charge in [0.2, 0.25) is 0 Å². The quantitative estimate of drug-likeness (QED) is 0.603. The molecule has 0 aromatic rings. The van der Waals surface area contributed by atoms with Gasteiger partial charge in [-0.2, -0.15) is 0 Å². The van der Waals surface area contributed by atoms with Crippen molar-refractivity contribution in [1.82, 2.24) is 5.32 Å². The number of nitrogens with one attached hydrogen (secondary N) is 1. The van der Waals surface area contributed by atoms with Crippen molar-refractivity contribution in [2.24, 2.45) is 11.8 Å². The van der Waals surface area contributed by atoms with Crippen LogP contribution in [0.2, 0.25) is 0 Å². The Kier molecular flexibility index (Phi) is 2.88. The van der Waals surface area contributed by atoms with Gasteiger partial charge in [0.1, 0.15) is 0 Å². The lowest BCUT2D eigenvalue weighted by molar-refractivity contribution is -0.151. The molecule has 0 spiro atoms. The van der Waals surface area contributed by atoms with Gasteiger partial charge >= 0.3 is 5.97 Å². The van der Waals surface area contributed by atoms with Gasteiger partial charge < -0.3 is 10.1 Å². The Balaban J connectivity index is 2.10. The van der Waals surface area contributed by atoms with Crippen molar-refractivity contribution in [2.75, 3.05) is 19.7 Å². The number of carbonyl (C=O) groups excluding carboxylic acids is 1. The topological polar surface area (TPSA) is 38.3 Å². The van der Waals surface area contributed by atoms with Crippen LogP contribution < -0.4 is 5.32 Å². The van der Waals surface area contributed by atoms with E-state index in [2.05, 4.69) is 5.32 Å². The van der Waals surface area contributed by atoms with Crippen LogP contribution in [0.1, 0.15) is 13.8 Å². The van der Waals surface area contributed by atoms with Crippen molar-refractivity contribution in [2.45, 2.75) is 13.8 Å². The van der Waals surface area contributed by atoms with Gasteiger partial charge in [0.25, 0.3) is 0 Å². The van der Waals surface area contributed by atoms with E-state index >= 15 is 0 Å². The summed E-state index contributed by atoms with van der Waals surface area (Å²) >= 11 is 0. The second-order valence-corrected chi connectivity index (χ2v) is 3.38. The number of hydrogen-bond donors (Lipinski definition) is 1. The highest BCUT2D eigenvalue weighted by molar-refractivity contribution is 5.73. The smallest absolute Gasteiger partial charge is 0.311 e. The van der Waals surface area contributed by atoms with Gasteiger partial charge in [-0.1, -0.05) is 13.8 Å². The van der Waals surface area contributed by atoms with Crippen LogP contribution in [0.4, 0.5) is 0 Å². The maximum atomic E-state index is 11.1. The minimum atomic E-state index is -0.0440. The zero-order valence-electron chi connectivity index (χ0n) is 7.09. The van der Waals surface area contributed by atoms with E-state index in [-0.39, 0.29) is 11.9 Å². The van der Waals surface area contributed by atoms with Crippen molar-refractivity contribution in [1.29, 1.82) is 0 Å².